The molecule has 3 rings (SSSR count). The van der Waals surface area contributed by atoms with Crippen molar-refractivity contribution in [3.63, 3.8) is 0 Å². The number of nitrogens with one attached hydrogen (secondary N) is 1. The smallest absolute Gasteiger partial charge is 0.0658 e. The molecule has 0 atom stereocenters. The molecule has 0 unspecified atom stereocenters. The van der Waals surface area contributed by atoms with Crippen molar-refractivity contribution in [3.05, 3.63) is 52.0 Å². The zero-order valence-corrected chi connectivity index (χ0v) is 12.8. The fraction of sp³-hybridized carbons (Fsp3) is 0.250. The lowest BCUT2D eigenvalue weighted by Gasteiger charge is -2.33. The molecule has 0 fully saturated rings. The van der Waals surface area contributed by atoms with Gasteiger partial charge in [-0.05, 0) is 43.7 Å². The van der Waals surface area contributed by atoms with Crippen molar-refractivity contribution in [3.8, 4) is 0 Å². The highest BCUT2D eigenvalue weighted by atomic mass is 79.9. The van der Waals surface area contributed by atoms with Crippen LogP contribution < -0.4 is 10.2 Å². The third-order valence-corrected chi connectivity index (χ3v) is 4.04. The van der Waals surface area contributed by atoms with Gasteiger partial charge in [-0.1, -0.05) is 33.6 Å². The van der Waals surface area contributed by atoms with E-state index in [0.717, 1.165) is 17.6 Å². The van der Waals surface area contributed by atoms with Crippen LogP contribution in [0.5, 0.6) is 0 Å². The number of rotatable bonds is 1. The topological polar surface area (TPSA) is 15.3 Å². The van der Waals surface area contributed by atoms with Gasteiger partial charge in [0.2, 0.25) is 0 Å². The number of nitrogens with zero attached hydrogens (tertiary/aromatic N) is 1. The Morgan fingerprint density at radius 1 is 1.05 bits per heavy atom. The van der Waals surface area contributed by atoms with Gasteiger partial charge >= 0.3 is 0 Å². The minimum absolute atomic E-state index is 0.974. The van der Waals surface area contributed by atoms with E-state index in [1.807, 2.05) is 0 Å². The minimum Gasteiger partial charge on any atom is -0.382 e. The van der Waals surface area contributed by atoms with Gasteiger partial charge < -0.3 is 10.2 Å². The second kappa shape index (κ2) is 4.89. The third kappa shape index (κ3) is 2.35. The number of hydrogen-bond acceptors (Lipinski definition) is 2. The van der Waals surface area contributed by atoms with Crippen LogP contribution in [0.1, 0.15) is 11.1 Å². The van der Waals surface area contributed by atoms with Crippen LogP contribution in [0.3, 0.4) is 0 Å². The Kier molecular flexibility index (Phi) is 3.23. The van der Waals surface area contributed by atoms with Crippen molar-refractivity contribution in [2.24, 2.45) is 0 Å². The molecule has 1 aliphatic heterocycles. The maximum absolute atomic E-state index is 3.57. The van der Waals surface area contributed by atoms with E-state index in [9.17, 15) is 0 Å². The lowest BCUT2D eigenvalue weighted by molar-refractivity contribution is 0.921. The van der Waals surface area contributed by atoms with Gasteiger partial charge in [0.15, 0.2) is 0 Å². The maximum Gasteiger partial charge on any atom is 0.0658 e. The van der Waals surface area contributed by atoms with Crippen LogP contribution in [0, 0.1) is 13.8 Å². The Morgan fingerprint density at radius 2 is 1.89 bits per heavy atom. The molecule has 0 spiro atoms. The molecular weight excluding hydrogens is 300 g/mol. The first-order valence-electron chi connectivity index (χ1n) is 6.53. The molecule has 19 heavy (non-hydrogen) atoms. The fourth-order valence-corrected chi connectivity index (χ4v) is 3.01. The van der Waals surface area contributed by atoms with Crippen molar-refractivity contribution >= 4 is 33.0 Å². The molecule has 3 heteroatoms. The van der Waals surface area contributed by atoms with Crippen LogP contribution in [-0.2, 0) is 0 Å². The summed E-state index contributed by atoms with van der Waals surface area (Å²) in [6, 6.07) is 13.0. The van der Waals surface area contributed by atoms with Crippen LogP contribution in [0.15, 0.2) is 40.9 Å². The Balaban J connectivity index is 2.10. The summed E-state index contributed by atoms with van der Waals surface area (Å²) in [7, 11) is 0. The lowest BCUT2D eigenvalue weighted by Crippen LogP contribution is -2.30. The number of halogens is 1. The Labute approximate surface area is 122 Å². The molecule has 1 N–H and O–H groups in total. The first-order chi connectivity index (χ1) is 9.15. The number of aryl methyl sites for hydroxylation is 2. The summed E-state index contributed by atoms with van der Waals surface area (Å²) in [4.78, 5) is 2.39. The van der Waals surface area contributed by atoms with E-state index in [1.165, 1.54) is 28.2 Å². The molecule has 0 aromatic heterocycles. The van der Waals surface area contributed by atoms with Crippen molar-refractivity contribution in [1.29, 1.82) is 0 Å². The normalized spacial score (nSPS) is 13.9. The highest BCUT2D eigenvalue weighted by Crippen LogP contribution is 2.37. The molecule has 2 aromatic rings. The van der Waals surface area contributed by atoms with Gasteiger partial charge in [-0.15, -0.1) is 0 Å². The second-order valence-corrected chi connectivity index (χ2v) is 5.95. The SMILES string of the molecule is Cc1ccc(N2CCNc3ccc(Br)cc32)c(C)c1. The van der Waals surface area contributed by atoms with Crippen LogP contribution >= 0.6 is 15.9 Å². The van der Waals surface area contributed by atoms with Crippen LogP contribution in [0.25, 0.3) is 0 Å². The Bertz CT molecular complexity index is 622. The molecule has 0 saturated heterocycles. The molecule has 2 nitrogen and oxygen atoms in total. The van der Waals surface area contributed by atoms with Gasteiger partial charge in [0, 0.05) is 23.2 Å². The molecule has 98 valence electrons. The summed E-state index contributed by atoms with van der Waals surface area (Å²) in [6.07, 6.45) is 0. The molecule has 0 saturated carbocycles. The fourth-order valence-electron chi connectivity index (χ4n) is 2.66. The van der Waals surface area contributed by atoms with E-state index < -0.39 is 0 Å². The highest BCUT2D eigenvalue weighted by molar-refractivity contribution is 9.10. The molecular formula is C16H17BrN2. The van der Waals surface area contributed by atoms with Gasteiger partial charge in [-0.2, -0.15) is 0 Å². The van der Waals surface area contributed by atoms with Gasteiger partial charge in [-0.3, -0.25) is 0 Å². The molecule has 0 amide bonds. The first kappa shape index (κ1) is 12.5. The lowest BCUT2D eigenvalue weighted by atomic mass is 10.1. The minimum atomic E-state index is 0.974. The average Bonchev–Trinajstić information content (AvgIpc) is 2.38. The summed E-state index contributed by atoms with van der Waals surface area (Å²) in [6.45, 7) is 6.29. The van der Waals surface area contributed by atoms with Gasteiger partial charge in [0.25, 0.3) is 0 Å². The van der Waals surface area contributed by atoms with E-state index in [0.29, 0.717) is 0 Å². The predicted molar refractivity (Wildman–Crippen MR) is 85.6 cm³/mol. The van der Waals surface area contributed by atoms with Crippen LogP contribution in [0.2, 0.25) is 0 Å². The summed E-state index contributed by atoms with van der Waals surface area (Å²) in [5.74, 6) is 0. The second-order valence-electron chi connectivity index (χ2n) is 5.03. The van der Waals surface area contributed by atoms with Gasteiger partial charge in [0.05, 0.1) is 11.4 Å². The molecule has 2 aromatic carbocycles. The van der Waals surface area contributed by atoms with Crippen LogP contribution in [0.4, 0.5) is 17.1 Å². The standard InChI is InChI=1S/C16H17BrN2/c1-11-3-6-15(12(2)9-11)19-8-7-18-14-5-4-13(17)10-16(14)19/h3-6,9-10,18H,7-8H2,1-2H3. The third-order valence-electron chi connectivity index (χ3n) is 3.54. The van der Waals surface area contributed by atoms with E-state index in [1.54, 1.807) is 0 Å². The Morgan fingerprint density at radius 3 is 2.68 bits per heavy atom. The van der Waals surface area contributed by atoms with E-state index in [2.05, 4.69) is 76.4 Å². The van der Waals surface area contributed by atoms with E-state index >= 15 is 0 Å². The molecule has 0 aliphatic carbocycles. The van der Waals surface area contributed by atoms with E-state index in [-0.39, 0.29) is 0 Å². The number of hydrogen-bond donors (Lipinski definition) is 1. The van der Waals surface area contributed by atoms with Gasteiger partial charge in [0.1, 0.15) is 0 Å². The summed E-state index contributed by atoms with van der Waals surface area (Å²) in [5.41, 5.74) is 6.38. The van der Waals surface area contributed by atoms with E-state index in [4.69, 9.17) is 0 Å². The quantitative estimate of drug-likeness (QED) is 0.825. The van der Waals surface area contributed by atoms with Crippen molar-refractivity contribution in [2.45, 2.75) is 13.8 Å². The summed E-state index contributed by atoms with van der Waals surface area (Å²) in [5, 5.41) is 3.46. The molecule has 1 aliphatic rings. The zero-order valence-electron chi connectivity index (χ0n) is 11.2. The van der Waals surface area contributed by atoms with Crippen molar-refractivity contribution < 1.29 is 0 Å². The van der Waals surface area contributed by atoms with Crippen LogP contribution in [-0.4, -0.2) is 13.1 Å². The molecule has 1 heterocycles. The molecule has 0 radical (unpaired) electrons. The first-order valence-corrected chi connectivity index (χ1v) is 7.33. The highest BCUT2D eigenvalue weighted by Gasteiger charge is 2.19. The molecule has 0 bridgehead atoms. The average molecular weight is 317 g/mol. The number of anilines is 3. The summed E-state index contributed by atoms with van der Waals surface area (Å²) >= 11 is 3.57. The maximum atomic E-state index is 3.57. The number of benzene rings is 2. The van der Waals surface area contributed by atoms with Crippen molar-refractivity contribution in [2.75, 3.05) is 23.3 Å². The predicted octanol–water partition coefficient (Wildman–Crippen LogP) is 4.63. The number of fused-ring (bicyclic) bond motifs is 1. The summed E-state index contributed by atoms with van der Waals surface area (Å²) < 4.78 is 1.12. The Hall–Kier alpha value is -1.48. The van der Waals surface area contributed by atoms with Gasteiger partial charge in [-0.25, -0.2) is 0 Å². The monoisotopic (exact) mass is 316 g/mol. The zero-order chi connectivity index (χ0) is 13.4. The largest absolute Gasteiger partial charge is 0.382 e. The van der Waals surface area contributed by atoms with Crippen molar-refractivity contribution in [1.82, 2.24) is 0 Å².